The van der Waals surface area contributed by atoms with Crippen LogP contribution in [0.1, 0.15) is 32.6 Å². The van der Waals surface area contributed by atoms with E-state index in [2.05, 4.69) is 6.92 Å². The fourth-order valence-electron chi connectivity index (χ4n) is 1.67. The molecule has 0 aromatic heterocycles. The standard InChI is InChI=1S/C9H15NO/c1-8-4-2-3-5-9(8)11-7-6-10/h8-9H,2-5,7H2,1H3/t8-,9-/m0/s1. The van der Waals surface area contributed by atoms with Gasteiger partial charge in [-0.2, -0.15) is 5.26 Å². The Morgan fingerprint density at radius 1 is 1.45 bits per heavy atom. The van der Waals surface area contributed by atoms with E-state index in [9.17, 15) is 0 Å². The molecule has 1 aliphatic rings. The van der Waals surface area contributed by atoms with Crippen LogP contribution in [0.15, 0.2) is 0 Å². The van der Waals surface area contributed by atoms with Crippen molar-refractivity contribution in [1.82, 2.24) is 0 Å². The summed E-state index contributed by atoms with van der Waals surface area (Å²) in [6.07, 6.45) is 5.34. The lowest BCUT2D eigenvalue weighted by molar-refractivity contribution is 0.0124. The highest BCUT2D eigenvalue weighted by molar-refractivity contribution is 4.75. The average Bonchev–Trinajstić information content (AvgIpc) is 2.03. The van der Waals surface area contributed by atoms with Crippen LogP contribution in [0.3, 0.4) is 0 Å². The second kappa shape index (κ2) is 4.35. The van der Waals surface area contributed by atoms with Gasteiger partial charge in [0.05, 0.1) is 12.2 Å². The lowest BCUT2D eigenvalue weighted by Crippen LogP contribution is -2.25. The van der Waals surface area contributed by atoms with Gasteiger partial charge in [0.1, 0.15) is 6.61 Å². The summed E-state index contributed by atoms with van der Waals surface area (Å²) >= 11 is 0. The molecule has 0 spiro atoms. The van der Waals surface area contributed by atoms with Crippen LogP contribution in [0.4, 0.5) is 0 Å². The molecular weight excluding hydrogens is 138 g/mol. The van der Waals surface area contributed by atoms with Crippen molar-refractivity contribution in [1.29, 1.82) is 5.26 Å². The minimum absolute atomic E-state index is 0.259. The second-order valence-electron chi connectivity index (χ2n) is 3.27. The molecule has 11 heavy (non-hydrogen) atoms. The molecule has 1 aliphatic carbocycles. The molecule has 0 heterocycles. The second-order valence-corrected chi connectivity index (χ2v) is 3.27. The number of rotatable bonds is 2. The smallest absolute Gasteiger partial charge is 0.134 e. The average molecular weight is 153 g/mol. The van der Waals surface area contributed by atoms with Crippen LogP contribution in [0.5, 0.6) is 0 Å². The summed E-state index contributed by atoms with van der Waals surface area (Å²) in [7, 11) is 0. The lowest BCUT2D eigenvalue weighted by Gasteiger charge is -2.27. The molecule has 0 radical (unpaired) electrons. The fraction of sp³-hybridized carbons (Fsp3) is 0.889. The monoisotopic (exact) mass is 153 g/mol. The molecule has 0 aromatic rings. The highest BCUT2D eigenvalue weighted by Gasteiger charge is 2.21. The van der Waals surface area contributed by atoms with Crippen molar-refractivity contribution in [2.45, 2.75) is 38.7 Å². The Morgan fingerprint density at radius 3 is 2.82 bits per heavy atom. The molecule has 62 valence electrons. The SMILES string of the molecule is C[C@H]1CCCC[C@@H]1OCC#N. The minimum atomic E-state index is 0.259. The van der Waals surface area contributed by atoms with Crippen LogP contribution >= 0.6 is 0 Å². The minimum Gasteiger partial charge on any atom is -0.363 e. The van der Waals surface area contributed by atoms with E-state index < -0.39 is 0 Å². The summed E-state index contributed by atoms with van der Waals surface area (Å²) in [5.74, 6) is 0.650. The van der Waals surface area contributed by atoms with Crippen LogP contribution in [0.2, 0.25) is 0 Å². The summed E-state index contributed by atoms with van der Waals surface area (Å²) in [5, 5.41) is 8.31. The van der Waals surface area contributed by atoms with Gasteiger partial charge >= 0.3 is 0 Å². The van der Waals surface area contributed by atoms with E-state index in [0.717, 1.165) is 6.42 Å². The van der Waals surface area contributed by atoms with Crippen molar-refractivity contribution >= 4 is 0 Å². The summed E-state index contributed by atoms with van der Waals surface area (Å²) in [5.41, 5.74) is 0. The van der Waals surface area contributed by atoms with Crippen molar-refractivity contribution in [3.05, 3.63) is 0 Å². The first kappa shape index (κ1) is 8.55. The molecule has 0 aliphatic heterocycles. The van der Waals surface area contributed by atoms with E-state index in [0.29, 0.717) is 12.0 Å². The molecule has 2 nitrogen and oxygen atoms in total. The Bertz CT molecular complexity index is 150. The molecule has 1 fully saturated rings. The van der Waals surface area contributed by atoms with E-state index >= 15 is 0 Å². The predicted molar refractivity (Wildman–Crippen MR) is 43.0 cm³/mol. The zero-order chi connectivity index (χ0) is 8.10. The molecular formula is C9H15NO. The van der Waals surface area contributed by atoms with Gasteiger partial charge in [0.2, 0.25) is 0 Å². The van der Waals surface area contributed by atoms with Crippen LogP contribution < -0.4 is 0 Å². The third kappa shape index (κ3) is 2.51. The maximum atomic E-state index is 8.31. The first-order valence-electron chi connectivity index (χ1n) is 4.33. The zero-order valence-electron chi connectivity index (χ0n) is 7.05. The molecule has 0 saturated heterocycles. The number of nitrogens with zero attached hydrogens (tertiary/aromatic N) is 1. The Balaban J connectivity index is 2.25. The van der Waals surface area contributed by atoms with Crippen molar-refractivity contribution in [2.24, 2.45) is 5.92 Å². The summed E-state index contributed by atoms with van der Waals surface area (Å²) in [6.45, 7) is 2.47. The third-order valence-electron chi connectivity index (χ3n) is 2.39. The Labute approximate surface area is 68.2 Å². The topological polar surface area (TPSA) is 33.0 Å². The number of hydrogen-bond acceptors (Lipinski definition) is 2. The summed E-state index contributed by atoms with van der Waals surface area (Å²) in [6, 6.07) is 2.01. The molecule has 2 heteroatoms. The van der Waals surface area contributed by atoms with Crippen LogP contribution in [0, 0.1) is 17.2 Å². The maximum Gasteiger partial charge on any atom is 0.134 e. The molecule has 0 N–H and O–H groups in total. The first-order chi connectivity index (χ1) is 5.34. The van der Waals surface area contributed by atoms with Gasteiger partial charge in [-0.1, -0.05) is 19.8 Å². The lowest BCUT2D eigenvalue weighted by atomic mass is 9.88. The first-order valence-corrected chi connectivity index (χ1v) is 4.33. The normalized spacial score (nSPS) is 31.3. The molecule has 1 saturated carbocycles. The van der Waals surface area contributed by atoms with Crippen molar-refractivity contribution in [3.63, 3.8) is 0 Å². The largest absolute Gasteiger partial charge is 0.363 e. The summed E-state index contributed by atoms with van der Waals surface area (Å²) < 4.78 is 5.38. The van der Waals surface area contributed by atoms with Crippen LogP contribution in [-0.2, 0) is 4.74 Å². The number of hydrogen-bond donors (Lipinski definition) is 0. The van der Waals surface area contributed by atoms with E-state index in [4.69, 9.17) is 10.00 Å². The van der Waals surface area contributed by atoms with Gasteiger partial charge in [0.15, 0.2) is 0 Å². The highest BCUT2D eigenvalue weighted by atomic mass is 16.5. The molecule has 0 unspecified atom stereocenters. The maximum absolute atomic E-state index is 8.31. The van der Waals surface area contributed by atoms with Gasteiger partial charge in [-0.15, -0.1) is 0 Å². The fourth-order valence-corrected chi connectivity index (χ4v) is 1.67. The molecule has 2 atom stereocenters. The Morgan fingerprint density at radius 2 is 2.18 bits per heavy atom. The molecule has 0 aromatic carbocycles. The Kier molecular flexibility index (Phi) is 3.38. The van der Waals surface area contributed by atoms with E-state index in [1.807, 2.05) is 6.07 Å². The molecule has 0 bridgehead atoms. The van der Waals surface area contributed by atoms with Gasteiger partial charge in [-0.05, 0) is 18.8 Å². The van der Waals surface area contributed by atoms with Gasteiger partial charge in [-0.3, -0.25) is 0 Å². The Hall–Kier alpha value is -0.550. The third-order valence-corrected chi connectivity index (χ3v) is 2.39. The highest BCUT2D eigenvalue weighted by Crippen LogP contribution is 2.25. The van der Waals surface area contributed by atoms with E-state index in [1.54, 1.807) is 0 Å². The van der Waals surface area contributed by atoms with Crippen molar-refractivity contribution in [3.8, 4) is 6.07 Å². The predicted octanol–water partition coefficient (Wildman–Crippen LogP) is 2.11. The van der Waals surface area contributed by atoms with E-state index in [-0.39, 0.29) is 6.61 Å². The van der Waals surface area contributed by atoms with E-state index in [1.165, 1.54) is 19.3 Å². The van der Waals surface area contributed by atoms with Gasteiger partial charge < -0.3 is 4.74 Å². The van der Waals surface area contributed by atoms with Crippen LogP contribution in [-0.4, -0.2) is 12.7 Å². The van der Waals surface area contributed by atoms with Gasteiger partial charge in [0.25, 0.3) is 0 Å². The van der Waals surface area contributed by atoms with Gasteiger partial charge in [-0.25, -0.2) is 0 Å². The molecule has 0 amide bonds. The van der Waals surface area contributed by atoms with Crippen molar-refractivity contribution < 1.29 is 4.74 Å². The quantitative estimate of drug-likeness (QED) is 0.608. The summed E-state index contributed by atoms with van der Waals surface area (Å²) in [4.78, 5) is 0. The molecule has 1 rings (SSSR count). The van der Waals surface area contributed by atoms with Crippen LogP contribution in [0.25, 0.3) is 0 Å². The zero-order valence-corrected chi connectivity index (χ0v) is 7.05. The van der Waals surface area contributed by atoms with Crippen molar-refractivity contribution in [2.75, 3.05) is 6.61 Å². The number of nitriles is 1. The van der Waals surface area contributed by atoms with Gasteiger partial charge in [0, 0.05) is 0 Å². The number of ether oxygens (including phenoxy) is 1.